The molecule has 0 spiro atoms. The molecule has 0 aliphatic heterocycles. The van der Waals surface area contributed by atoms with Crippen molar-refractivity contribution in [1.82, 2.24) is 9.71 Å². The molecule has 1 aromatic rings. The molecule has 1 N–H and O–H groups in total. The van der Waals surface area contributed by atoms with Crippen LogP contribution in [-0.2, 0) is 17.5 Å². The summed E-state index contributed by atoms with van der Waals surface area (Å²) in [6.45, 7) is 7.17. The summed E-state index contributed by atoms with van der Waals surface area (Å²) in [5, 5.41) is 0. The first kappa shape index (κ1) is 16.3. The maximum Gasteiger partial charge on any atom is 0.433 e. The molecule has 1 rings (SSSR count). The number of aromatic nitrogens is 1. The molecule has 1 aromatic heterocycles. The van der Waals surface area contributed by atoms with Crippen LogP contribution in [-0.4, -0.2) is 14.3 Å². The van der Waals surface area contributed by atoms with E-state index in [1.807, 2.05) is 20.8 Å². The molecule has 0 saturated carbocycles. The molecule has 0 unspecified atom stereocenters. The normalized spacial score (nSPS) is 16.2. The quantitative estimate of drug-likeness (QED) is 0.871. The number of rotatable bonds is 3. The zero-order chi connectivity index (χ0) is 14.8. The van der Waals surface area contributed by atoms with E-state index in [0.29, 0.717) is 5.56 Å². The Kier molecular flexibility index (Phi) is 4.86. The van der Waals surface area contributed by atoms with Crippen LogP contribution < -0.4 is 4.72 Å². The van der Waals surface area contributed by atoms with Gasteiger partial charge in [0.2, 0.25) is 0 Å². The molecular weight excluding hydrogens is 277 g/mol. The zero-order valence-corrected chi connectivity index (χ0v) is 12.0. The molecule has 0 aliphatic rings. The summed E-state index contributed by atoms with van der Waals surface area (Å²) in [4.78, 5) is 3.38. The van der Waals surface area contributed by atoms with Gasteiger partial charge < -0.3 is 4.55 Å². The minimum Gasteiger partial charge on any atom is -0.598 e. The largest absolute Gasteiger partial charge is 0.598 e. The van der Waals surface area contributed by atoms with Gasteiger partial charge in [-0.2, -0.15) is 13.2 Å². The second-order valence-corrected chi connectivity index (χ2v) is 7.19. The topological polar surface area (TPSA) is 48.0 Å². The summed E-state index contributed by atoms with van der Waals surface area (Å²) in [6.07, 6.45) is -3.29. The lowest BCUT2D eigenvalue weighted by Gasteiger charge is -2.26. The van der Waals surface area contributed by atoms with Gasteiger partial charge in [0.25, 0.3) is 0 Å². The van der Waals surface area contributed by atoms with Gasteiger partial charge in [-0.1, -0.05) is 6.07 Å². The van der Waals surface area contributed by atoms with Gasteiger partial charge in [-0.25, -0.2) is 0 Å². The van der Waals surface area contributed by atoms with Crippen molar-refractivity contribution in [2.24, 2.45) is 0 Å². The van der Waals surface area contributed by atoms with Gasteiger partial charge in [0.05, 0.1) is 6.04 Å². The maximum atomic E-state index is 12.4. The Morgan fingerprint density at radius 3 is 2.21 bits per heavy atom. The molecule has 3 nitrogen and oxygen atoms in total. The van der Waals surface area contributed by atoms with Crippen molar-refractivity contribution in [3.8, 4) is 0 Å². The van der Waals surface area contributed by atoms with Crippen LogP contribution in [0, 0.1) is 0 Å². The van der Waals surface area contributed by atoms with Crippen LogP contribution in [0.4, 0.5) is 13.2 Å². The lowest BCUT2D eigenvalue weighted by molar-refractivity contribution is -0.141. The highest BCUT2D eigenvalue weighted by molar-refractivity contribution is 7.90. The SMILES string of the molecule is C[C@@H](N[S@+]([O-])C(C)(C)C)c1ccc(C(F)(F)F)nc1. The van der Waals surface area contributed by atoms with Crippen molar-refractivity contribution in [2.45, 2.75) is 44.7 Å². The molecule has 0 fully saturated rings. The van der Waals surface area contributed by atoms with E-state index in [4.69, 9.17) is 0 Å². The summed E-state index contributed by atoms with van der Waals surface area (Å²) in [5.41, 5.74) is -0.369. The Morgan fingerprint density at radius 1 is 1.26 bits per heavy atom. The lowest BCUT2D eigenvalue weighted by Crippen LogP contribution is -2.40. The highest BCUT2D eigenvalue weighted by Gasteiger charge is 2.33. The van der Waals surface area contributed by atoms with Crippen LogP contribution in [0.5, 0.6) is 0 Å². The fourth-order valence-electron chi connectivity index (χ4n) is 1.23. The lowest BCUT2D eigenvalue weighted by atomic mass is 10.1. The van der Waals surface area contributed by atoms with Crippen LogP contribution in [0.3, 0.4) is 0 Å². The van der Waals surface area contributed by atoms with Gasteiger partial charge in [-0.3, -0.25) is 4.98 Å². The van der Waals surface area contributed by atoms with Crippen LogP contribution in [0.2, 0.25) is 0 Å². The Balaban J connectivity index is 2.76. The predicted octanol–water partition coefficient (Wildman–Crippen LogP) is 3.21. The number of nitrogens with one attached hydrogen (secondary N) is 1. The average Bonchev–Trinajstić information content (AvgIpc) is 2.26. The van der Waals surface area contributed by atoms with E-state index in [1.165, 1.54) is 6.07 Å². The summed E-state index contributed by atoms with van der Waals surface area (Å²) in [6, 6.07) is 1.93. The van der Waals surface area contributed by atoms with Crippen molar-refractivity contribution in [3.63, 3.8) is 0 Å². The third kappa shape index (κ3) is 4.67. The van der Waals surface area contributed by atoms with E-state index in [0.717, 1.165) is 12.3 Å². The number of hydrogen-bond donors (Lipinski definition) is 1. The molecule has 0 amide bonds. The first-order valence-electron chi connectivity index (χ1n) is 5.73. The maximum absolute atomic E-state index is 12.4. The minimum absolute atomic E-state index is 0.338. The Morgan fingerprint density at radius 2 is 1.84 bits per heavy atom. The molecule has 1 heterocycles. The van der Waals surface area contributed by atoms with Gasteiger partial charge in [0.1, 0.15) is 10.4 Å². The summed E-state index contributed by atoms with van der Waals surface area (Å²) < 4.78 is 51.4. The predicted molar refractivity (Wildman–Crippen MR) is 68.7 cm³/mol. The van der Waals surface area contributed by atoms with Crippen LogP contribution in [0.15, 0.2) is 18.3 Å². The van der Waals surface area contributed by atoms with Gasteiger partial charge in [-0.05, 0) is 39.3 Å². The summed E-state index contributed by atoms with van der Waals surface area (Å²) >= 11 is -1.29. The highest BCUT2D eigenvalue weighted by atomic mass is 32.2. The first-order valence-corrected chi connectivity index (χ1v) is 6.88. The average molecular weight is 294 g/mol. The summed E-state index contributed by atoms with van der Waals surface area (Å²) in [5.74, 6) is 0. The third-order valence-electron chi connectivity index (χ3n) is 2.42. The summed E-state index contributed by atoms with van der Waals surface area (Å²) in [7, 11) is 0. The second-order valence-electron chi connectivity index (χ2n) is 5.20. The van der Waals surface area contributed by atoms with E-state index >= 15 is 0 Å². The fourth-order valence-corrected chi connectivity index (χ4v) is 2.05. The smallest absolute Gasteiger partial charge is 0.433 e. The van der Waals surface area contributed by atoms with Gasteiger partial charge >= 0.3 is 6.18 Å². The molecular formula is C12H17F3N2OS. The molecule has 0 radical (unpaired) electrons. The van der Waals surface area contributed by atoms with E-state index in [9.17, 15) is 17.7 Å². The Labute approximate surface area is 113 Å². The van der Waals surface area contributed by atoms with Gasteiger partial charge in [0, 0.05) is 17.6 Å². The van der Waals surface area contributed by atoms with Crippen LogP contribution >= 0.6 is 0 Å². The van der Waals surface area contributed by atoms with E-state index in [2.05, 4.69) is 9.71 Å². The second kappa shape index (κ2) is 5.68. The first-order chi connectivity index (χ1) is 8.51. The van der Waals surface area contributed by atoms with Crippen LogP contribution in [0.1, 0.15) is 45.0 Å². The van der Waals surface area contributed by atoms with Crippen molar-refractivity contribution < 1.29 is 17.7 Å². The fraction of sp³-hybridized carbons (Fsp3) is 0.583. The van der Waals surface area contributed by atoms with Crippen molar-refractivity contribution in [1.29, 1.82) is 0 Å². The molecule has 2 atom stereocenters. The van der Waals surface area contributed by atoms with Crippen molar-refractivity contribution in [2.75, 3.05) is 0 Å². The van der Waals surface area contributed by atoms with Crippen molar-refractivity contribution in [3.05, 3.63) is 29.6 Å². The van der Waals surface area contributed by atoms with Crippen LogP contribution in [0.25, 0.3) is 0 Å². The zero-order valence-electron chi connectivity index (χ0n) is 11.2. The molecule has 7 heteroatoms. The standard InChI is InChI=1S/C12H17F3N2OS/c1-8(17-19(18)11(2,3)4)9-5-6-10(16-7-9)12(13,14)15/h5-8,17H,1-4H3/t8-,19-/m1/s1. The van der Waals surface area contributed by atoms with E-state index in [-0.39, 0.29) is 6.04 Å². The molecule has 0 aliphatic carbocycles. The van der Waals surface area contributed by atoms with E-state index < -0.39 is 28.0 Å². The molecule has 108 valence electrons. The molecule has 0 saturated heterocycles. The van der Waals surface area contributed by atoms with Crippen molar-refractivity contribution >= 4 is 11.4 Å². The van der Waals surface area contributed by atoms with Gasteiger partial charge in [-0.15, -0.1) is 4.72 Å². The Bertz CT molecular complexity index is 414. The molecule has 0 bridgehead atoms. The highest BCUT2D eigenvalue weighted by Crippen LogP contribution is 2.28. The number of halogens is 3. The molecule has 19 heavy (non-hydrogen) atoms. The number of pyridine rings is 1. The monoisotopic (exact) mass is 294 g/mol. The number of alkyl halides is 3. The van der Waals surface area contributed by atoms with Gasteiger partial charge in [0.15, 0.2) is 0 Å². The molecule has 0 aromatic carbocycles. The Hall–Kier alpha value is -0.790. The minimum atomic E-state index is -4.44. The third-order valence-corrected chi connectivity index (χ3v) is 4.10. The number of nitrogens with zero attached hydrogens (tertiary/aromatic N) is 1. The van der Waals surface area contributed by atoms with E-state index in [1.54, 1.807) is 6.92 Å². The number of hydrogen-bond acceptors (Lipinski definition) is 3.